The van der Waals surface area contributed by atoms with E-state index in [0.717, 1.165) is 19.3 Å². The van der Waals surface area contributed by atoms with Gasteiger partial charge in [0.2, 0.25) is 0 Å². The van der Waals surface area contributed by atoms with Crippen LogP contribution in [0.4, 0.5) is 0 Å². The monoisotopic (exact) mass is 152 g/mol. The Kier molecular flexibility index (Phi) is 2.89. The van der Waals surface area contributed by atoms with Crippen LogP contribution in [0, 0.1) is 5.92 Å². The highest BCUT2D eigenvalue weighted by molar-refractivity contribution is 5.08. The standard InChI is InChI=1S/C10H16O/c1-3-4-9-6-5-8(2)7-10(9)11/h3,7,9-11H,1,4-6H2,2H3. The maximum absolute atomic E-state index is 9.55. The van der Waals surface area contributed by atoms with Gasteiger partial charge in [0.05, 0.1) is 6.10 Å². The summed E-state index contributed by atoms with van der Waals surface area (Å²) in [4.78, 5) is 0. The molecule has 1 rings (SSSR count). The molecule has 2 atom stereocenters. The van der Waals surface area contributed by atoms with Crippen LogP contribution < -0.4 is 0 Å². The zero-order valence-electron chi connectivity index (χ0n) is 7.09. The molecule has 0 aromatic rings. The van der Waals surface area contributed by atoms with Gasteiger partial charge < -0.3 is 5.11 Å². The summed E-state index contributed by atoms with van der Waals surface area (Å²) in [5.41, 5.74) is 1.32. The van der Waals surface area contributed by atoms with Gasteiger partial charge in [-0.15, -0.1) is 6.58 Å². The summed E-state index contributed by atoms with van der Waals surface area (Å²) in [6, 6.07) is 0. The lowest BCUT2D eigenvalue weighted by Crippen LogP contribution is -2.21. The molecule has 0 bridgehead atoms. The molecule has 1 aliphatic carbocycles. The quantitative estimate of drug-likeness (QED) is 0.602. The summed E-state index contributed by atoms with van der Waals surface area (Å²) >= 11 is 0. The molecule has 1 heteroatoms. The van der Waals surface area contributed by atoms with Crippen molar-refractivity contribution in [2.45, 2.75) is 32.3 Å². The first-order valence-corrected chi connectivity index (χ1v) is 4.20. The van der Waals surface area contributed by atoms with Crippen LogP contribution >= 0.6 is 0 Å². The first-order valence-electron chi connectivity index (χ1n) is 4.20. The van der Waals surface area contributed by atoms with Gasteiger partial charge in [-0.05, 0) is 32.1 Å². The van der Waals surface area contributed by atoms with Gasteiger partial charge >= 0.3 is 0 Å². The SMILES string of the molecule is C=CCC1CCC(C)=CC1O. The second kappa shape index (κ2) is 3.72. The predicted octanol–water partition coefficient (Wildman–Crippen LogP) is 2.28. The van der Waals surface area contributed by atoms with Gasteiger partial charge in [0.25, 0.3) is 0 Å². The molecule has 0 amide bonds. The highest BCUT2D eigenvalue weighted by atomic mass is 16.3. The molecule has 0 saturated heterocycles. The van der Waals surface area contributed by atoms with Crippen molar-refractivity contribution in [1.29, 1.82) is 0 Å². The molecule has 11 heavy (non-hydrogen) atoms. The van der Waals surface area contributed by atoms with E-state index < -0.39 is 0 Å². The van der Waals surface area contributed by atoms with Gasteiger partial charge in [0.15, 0.2) is 0 Å². The van der Waals surface area contributed by atoms with E-state index in [-0.39, 0.29) is 6.10 Å². The summed E-state index contributed by atoms with van der Waals surface area (Å²) in [5.74, 6) is 0.413. The number of allylic oxidation sites excluding steroid dienone is 2. The van der Waals surface area contributed by atoms with E-state index in [4.69, 9.17) is 0 Å². The predicted molar refractivity (Wildman–Crippen MR) is 47.3 cm³/mol. The molecule has 0 fully saturated rings. The minimum atomic E-state index is -0.234. The van der Waals surface area contributed by atoms with Gasteiger partial charge in [-0.3, -0.25) is 0 Å². The van der Waals surface area contributed by atoms with Crippen LogP contribution in [0.5, 0.6) is 0 Å². The smallest absolute Gasteiger partial charge is 0.0754 e. The first kappa shape index (κ1) is 8.54. The molecule has 0 spiro atoms. The Balaban J connectivity index is 2.52. The molecule has 0 aromatic heterocycles. The Morgan fingerprint density at radius 1 is 1.82 bits per heavy atom. The van der Waals surface area contributed by atoms with Crippen LogP contribution in [0.2, 0.25) is 0 Å². The van der Waals surface area contributed by atoms with Gasteiger partial charge in [0, 0.05) is 0 Å². The van der Waals surface area contributed by atoms with E-state index in [1.807, 2.05) is 12.2 Å². The number of rotatable bonds is 2. The lowest BCUT2D eigenvalue weighted by atomic mass is 9.86. The lowest BCUT2D eigenvalue weighted by molar-refractivity contribution is 0.139. The molecule has 1 aliphatic rings. The normalized spacial score (nSPS) is 31.3. The van der Waals surface area contributed by atoms with Crippen molar-refractivity contribution in [3.63, 3.8) is 0 Å². The highest BCUT2D eigenvalue weighted by Gasteiger charge is 2.19. The molecule has 0 radical (unpaired) electrons. The molecule has 2 unspecified atom stereocenters. The number of hydrogen-bond acceptors (Lipinski definition) is 1. The Morgan fingerprint density at radius 3 is 3.09 bits per heavy atom. The van der Waals surface area contributed by atoms with Crippen LogP contribution in [-0.4, -0.2) is 11.2 Å². The van der Waals surface area contributed by atoms with Crippen molar-refractivity contribution in [3.05, 3.63) is 24.3 Å². The van der Waals surface area contributed by atoms with Crippen molar-refractivity contribution in [1.82, 2.24) is 0 Å². The van der Waals surface area contributed by atoms with Crippen LogP contribution in [-0.2, 0) is 0 Å². The fourth-order valence-electron chi connectivity index (χ4n) is 1.57. The summed E-state index contributed by atoms with van der Waals surface area (Å²) < 4.78 is 0. The van der Waals surface area contributed by atoms with Crippen molar-refractivity contribution in [2.75, 3.05) is 0 Å². The third-order valence-corrected chi connectivity index (χ3v) is 2.32. The van der Waals surface area contributed by atoms with Gasteiger partial charge in [0.1, 0.15) is 0 Å². The summed E-state index contributed by atoms with van der Waals surface area (Å²) in [6.07, 6.45) is 6.80. The van der Waals surface area contributed by atoms with Crippen molar-refractivity contribution in [2.24, 2.45) is 5.92 Å². The summed E-state index contributed by atoms with van der Waals surface area (Å²) in [6.45, 7) is 5.75. The molecule has 0 aromatic carbocycles. The van der Waals surface area contributed by atoms with Crippen LogP contribution in [0.1, 0.15) is 26.2 Å². The Hall–Kier alpha value is -0.560. The highest BCUT2D eigenvalue weighted by Crippen LogP contribution is 2.26. The van der Waals surface area contributed by atoms with Gasteiger partial charge in [-0.1, -0.05) is 17.7 Å². The number of aliphatic hydroxyl groups is 1. The van der Waals surface area contributed by atoms with E-state index in [1.165, 1.54) is 5.57 Å². The van der Waals surface area contributed by atoms with E-state index >= 15 is 0 Å². The topological polar surface area (TPSA) is 20.2 Å². The second-order valence-corrected chi connectivity index (χ2v) is 3.33. The summed E-state index contributed by atoms with van der Waals surface area (Å²) in [7, 11) is 0. The molecular formula is C10H16O. The Bertz CT molecular complexity index is 170. The molecule has 62 valence electrons. The summed E-state index contributed by atoms with van der Waals surface area (Å²) in [5, 5.41) is 9.55. The minimum Gasteiger partial charge on any atom is -0.389 e. The van der Waals surface area contributed by atoms with Crippen molar-refractivity contribution in [3.8, 4) is 0 Å². The Morgan fingerprint density at radius 2 is 2.55 bits per heavy atom. The number of aliphatic hydroxyl groups excluding tert-OH is 1. The van der Waals surface area contributed by atoms with E-state index in [1.54, 1.807) is 0 Å². The van der Waals surface area contributed by atoms with E-state index in [9.17, 15) is 5.11 Å². The third-order valence-electron chi connectivity index (χ3n) is 2.32. The van der Waals surface area contributed by atoms with Gasteiger partial charge in [-0.25, -0.2) is 0 Å². The zero-order valence-corrected chi connectivity index (χ0v) is 7.09. The number of hydrogen-bond donors (Lipinski definition) is 1. The van der Waals surface area contributed by atoms with Crippen molar-refractivity contribution >= 4 is 0 Å². The lowest BCUT2D eigenvalue weighted by Gasteiger charge is -2.24. The third kappa shape index (κ3) is 2.19. The van der Waals surface area contributed by atoms with Gasteiger partial charge in [-0.2, -0.15) is 0 Å². The van der Waals surface area contributed by atoms with Crippen LogP contribution in [0.3, 0.4) is 0 Å². The Labute approximate surface area is 68.4 Å². The first-order chi connectivity index (χ1) is 5.24. The van der Waals surface area contributed by atoms with Crippen LogP contribution in [0.25, 0.3) is 0 Å². The van der Waals surface area contributed by atoms with E-state index in [0.29, 0.717) is 5.92 Å². The minimum absolute atomic E-state index is 0.234. The van der Waals surface area contributed by atoms with Crippen molar-refractivity contribution < 1.29 is 5.11 Å². The average molecular weight is 152 g/mol. The zero-order chi connectivity index (χ0) is 8.27. The van der Waals surface area contributed by atoms with E-state index in [2.05, 4.69) is 13.5 Å². The van der Waals surface area contributed by atoms with Crippen LogP contribution in [0.15, 0.2) is 24.3 Å². The maximum Gasteiger partial charge on any atom is 0.0754 e. The second-order valence-electron chi connectivity index (χ2n) is 3.33. The maximum atomic E-state index is 9.55. The molecular weight excluding hydrogens is 136 g/mol. The molecule has 0 aliphatic heterocycles. The average Bonchev–Trinajstić information content (AvgIpc) is 1.95. The molecule has 1 N–H and O–H groups in total. The molecule has 0 heterocycles. The fraction of sp³-hybridized carbons (Fsp3) is 0.600. The largest absolute Gasteiger partial charge is 0.389 e. The molecule has 1 nitrogen and oxygen atoms in total. The molecule has 0 saturated carbocycles. The fourth-order valence-corrected chi connectivity index (χ4v) is 1.57.